The van der Waals surface area contributed by atoms with Crippen molar-refractivity contribution in [1.29, 1.82) is 0 Å². The molecular weight excluding hydrogens is 289 g/mol. The molecule has 1 amide bonds. The first-order chi connectivity index (χ1) is 10.1. The Morgan fingerprint density at radius 2 is 1.95 bits per heavy atom. The smallest absolute Gasteiger partial charge is 0.244 e. The molecule has 116 valence electrons. The van der Waals surface area contributed by atoms with Crippen LogP contribution in [0.2, 0.25) is 5.02 Å². The van der Waals surface area contributed by atoms with E-state index in [4.69, 9.17) is 11.6 Å². The fourth-order valence-electron chi connectivity index (χ4n) is 2.00. The van der Waals surface area contributed by atoms with Crippen molar-refractivity contribution in [1.82, 2.24) is 5.32 Å². The summed E-state index contributed by atoms with van der Waals surface area (Å²) in [5, 5.41) is 3.09. The van der Waals surface area contributed by atoms with Crippen LogP contribution >= 0.6 is 11.6 Å². The Labute approximate surface area is 131 Å². The number of carbonyl (C=O) groups is 1. The van der Waals surface area contributed by atoms with Gasteiger partial charge in [0.05, 0.1) is 5.02 Å². The topological polar surface area (TPSA) is 29.1 Å². The van der Waals surface area contributed by atoms with Crippen LogP contribution in [0.5, 0.6) is 0 Å². The molecule has 0 radical (unpaired) electrons. The van der Waals surface area contributed by atoms with Crippen LogP contribution in [0.3, 0.4) is 0 Å². The van der Waals surface area contributed by atoms with E-state index < -0.39 is 5.82 Å². The summed E-state index contributed by atoms with van der Waals surface area (Å²) in [5.41, 5.74) is 0.244. The minimum atomic E-state index is -0.428. The molecule has 0 aliphatic heterocycles. The van der Waals surface area contributed by atoms with Crippen molar-refractivity contribution in [2.24, 2.45) is 0 Å². The van der Waals surface area contributed by atoms with E-state index in [1.165, 1.54) is 50.0 Å². The van der Waals surface area contributed by atoms with Gasteiger partial charge in [-0.15, -0.1) is 0 Å². The van der Waals surface area contributed by atoms with Crippen LogP contribution in [0.25, 0.3) is 6.08 Å². The van der Waals surface area contributed by atoms with Gasteiger partial charge < -0.3 is 5.32 Å². The highest BCUT2D eigenvalue weighted by Crippen LogP contribution is 2.20. The third kappa shape index (κ3) is 7.28. The number of hydrogen-bond donors (Lipinski definition) is 1. The van der Waals surface area contributed by atoms with Gasteiger partial charge in [0.25, 0.3) is 0 Å². The predicted octanol–water partition coefficient (Wildman–Crippen LogP) is 4.97. The van der Waals surface area contributed by atoms with Gasteiger partial charge in [0.2, 0.25) is 5.91 Å². The van der Waals surface area contributed by atoms with E-state index in [-0.39, 0.29) is 11.5 Å². The fourth-order valence-corrected chi connectivity index (χ4v) is 2.23. The van der Waals surface area contributed by atoms with E-state index in [0.29, 0.717) is 11.6 Å². The summed E-state index contributed by atoms with van der Waals surface area (Å²) in [7, 11) is 0. The van der Waals surface area contributed by atoms with Crippen molar-refractivity contribution < 1.29 is 9.18 Å². The van der Waals surface area contributed by atoms with Crippen molar-refractivity contribution in [3.8, 4) is 0 Å². The van der Waals surface area contributed by atoms with Gasteiger partial charge in [-0.3, -0.25) is 4.79 Å². The molecule has 21 heavy (non-hydrogen) atoms. The Balaban J connectivity index is 2.26. The molecule has 2 nitrogen and oxygen atoms in total. The average molecular weight is 312 g/mol. The summed E-state index contributed by atoms with van der Waals surface area (Å²) in [6, 6.07) is 4.45. The van der Waals surface area contributed by atoms with Gasteiger partial charge in [-0.1, -0.05) is 56.7 Å². The number of unbranched alkanes of at least 4 members (excludes halogenated alkanes) is 5. The fraction of sp³-hybridized carbons (Fsp3) is 0.471. The van der Waals surface area contributed by atoms with Crippen LogP contribution in [-0.4, -0.2) is 12.5 Å². The zero-order valence-corrected chi connectivity index (χ0v) is 13.3. The van der Waals surface area contributed by atoms with E-state index in [9.17, 15) is 9.18 Å². The maximum absolute atomic E-state index is 13.5. The van der Waals surface area contributed by atoms with E-state index >= 15 is 0 Å². The number of rotatable bonds is 9. The van der Waals surface area contributed by atoms with Crippen molar-refractivity contribution in [3.63, 3.8) is 0 Å². The van der Waals surface area contributed by atoms with Gasteiger partial charge in [0.1, 0.15) is 5.82 Å². The van der Waals surface area contributed by atoms with E-state index in [1.807, 2.05) is 0 Å². The quantitative estimate of drug-likeness (QED) is 0.506. The summed E-state index contributed by atoms with van der Waals surface area (Å²) in [6.45, 7) is 2.84. The monoisotopic (exact) mass is 311 g/mol. The molecule has 0 aliphatic rings. The van der Waals surface area contributed by atoms with Crippen LogP contribution in [0.4, 0.5) is 4.39 Å². The molecule has 0 saturated heterocycles. The van der Waals surface area contributed by atoms with Crippen LogP contribution in [0.1, 0.15) is 51.0 Å². The Kier molecular flexibility index (Phi) is 8.76. The van der Waals surface area contributed by atoms with Gasteiger partial charge in [0, 0.05) is 18.2 Å². The summed E-state index contributed by atoms with van der Waals surface area (Å²) in [5.74, 6) is -0.648. The van der Waals surface area contributed by atoms with Crippen molar-refractivity contribution in [3.05, 3.63) is 40.7 Å². The third-order valence-corrected chi connectivity index (χ3v) is 3.56. The molecule has 4 heteroatoms. The molecule has 0 aliphatic carbocycles. The molecule has 0 spiro atoms. The second-order valence-corrected chi connectivity index (χ2v) is 5.43. The first-order valence-electron chi connectivity index (χ1n) is 7.55. The lowest BCUT2D eigenvalue weighted by Crippen LogP contribution is -2.21. The molecule has 1 aromatic carbocycles. The second-order valence-electron chi connectivity index (χ2n) is 5.03. The lowest BCUT2D eigenvalue weighted by Gasteiger charge is -2.03. The predicted molar refractivity (Wildman–Crippen MR) is 86.8 cm³/mol. The van der Waals surface area contributed by atoms with E-state index in [0.717, 1.165) is 12.8 Å². The largest absolute Gasteiger partial charge is 0.353 e. The summed E-state index contributed by atoms with van der Waals surface area (Å²) >= 11 is 5.88. The highest BCUT2D eigenvalue weighted by atomic mass is 35.5. The van der Waals surface area contributed by atoms with Crippen molar-refractivity contribution in [2.45, 2.75) is 45.4 Å². The Morgan fingerprint density at radius 3 is 2.67 bits per heavy atom. The Bertz CT molecular complexity index is 454. The normalized spacial score (nSPS) is 11.0. The highest BCUT2D eigenvalue weighted by molar-refractivity contribution is 6.32. The van der Waals surface area contributed by atoms with E-state index in [2.05, 4.69) is 12.2 Å². The molecule has 0 saturated carbocycles. The zero-order valence-electron chi connectivity index (χ0n) is 12.5. The first kappa shape index (κ1) is 17.7. The number of amides is 1. The molecule has 0 atom stereocenters. The van der Waals surface area contributed by atoms with Gasteiger partial charge in [-0.05, 0) is 24.6 Å². The zero-order chi connectivity index (χ0) is 15.5. The Morgan fingerprint density at radius 1 is 1.24 bits per heavy atom. The molecule has 1 rings (SSSR count). The summed E-state index contributed by atoms with van der Waals surface area (Å²) in [4.78, 5) is 11.6. The molecule has 0 unspecified atom stereocenters. The minimum absolute atomic E-state index is 0.220. The average Bonchev–Trinajstić information content (AvgIpc) is 2.46. The lowest BCUT2D eigenvalue weighted by molar-refractivity contribution is -0.116. The maximum Gasteiger partial charge on any atom is 0.244 e. The van der Waals surface area contributed by atoms with Gasteiger partial charge in [-0.25, -0.2) is 4.39 Å². The number of hydrogen-bond acceptors (Lipinski definition) is 1. The number of benzene rings is 1. The number of halogens is 2. The number of nitrogens with one attached hydrogen (secondary N) is 1. The third-order valence-electron chi connectivity index (χ3n) is 3.23. The molecule has 0 fully saturated rings. The Hall–Kier alpha value is -1.35. The molecule has 1 N–H and O–H groups in total. The molecule has 0 heterocycles. The summed E-state index contributed by atoms with van der Waals surface area (Å²) in [6.07, 6.45) is 9.82. The van der Waals surface area contributed by atoms with Gasteiger partial charge in [-0.2, -0.15) is 0 Å². The summed E-state index contributed by atoms with van der Waals surface area (Å²) < 4.78 is 13.5. The molecular formula is C17H23ClFNO. The van der Waals surface area contributed by atoms with Crippen molar-refractivity contribution >= 4 is 23.6 Å². The standard InChI is InChI=1S/C17H23ClFNO/c1-2-3-4-5-6-7-13-20-17(21)12-11-14-15(18)9-8-10-16(14)19/h8-12H,2-7,13H2,1H3,(H,20,21)/b12-11+. The van der Waals surface area contributed by atoms with E-state index in [1.54, 1.807) is 6.07 Å². The maximum atomic E-state index is 13.5. The van der Waals surface area contributed by atoms with Crippen LogP contribution in [0, 0.1) is 5.82 Å². The van der Waals surface area contributed by atoms with Gasteiger partial charge >= 0.3 is 0 Å². The minimum Gasteiger partial charge on any atom is -0.353 e. The van der Waals surface area contributed by atoms with Crippen molar-refractivity contribution in [2.75, 3.05) is 6.54 Å². The SMILES string of the molecule is CCCCCCCCNC(=O)/C=C/c1c(F)cccc1Cl. The molecule has 0 aromatic heterocycles. The van der Waals surface area contributed by atoms with Crippen LogP contribution in [-0.2, 0) is 4.79 Å². The molecule has 0 bridgehead atoms. The highest BCUT2D eigenvalue weighted by Gasteiger charge is 2.03. The van der Waals surface area contributed by atoms with Gasteiger partial charge in [0.15, 0.2) is 0 Å². The molecule has 1 aromatic rings. The first-order valence-corrected chi connectivity index (χ1v) is 7.93. The second kappa shape index (κ2) is 10.4. The lowest BCUT2D eigenvalue weighted by atomic mass is 10.1. The number of carbonyl (C=O) groups excluding carboxylic acids is 1. The van der Waals surface area contributed by atoms with Crippen LogP contribution in [0.15, 0.2) is 24.3 Å². The van der Waals surface area contributed by atoms with Crippen LogP contribution < -0.4 is 5.32 Å².